The third-order valence-electron chi connectivity index (χ3n) is 2.78. The van der Waals surface area contributed by atoms with Gasteiger partial charge in [-0.3, -0.25) is 0 Å². The lowest BCUT2D eigenvalue weighted by molar-refractivity contribution is -0.0277. The molecule has 2 atom stereocenters. The first kappa shape index (κ1) is 11.2. The molecule has 88 valence electrons. The molecule has 0 saturated carbocycles. The van der Waals surface area contributed by atoms with Gasteiger partial charge in [0.2, 0.25) is 6.79 Å². The molecule has 0 amide bonds. The van der Waals surface area contributed by atoms with Crippen molar-refractivity contribution in [1.29, 1.82) is 0 Å². The smallest absolute Gasteiger partial charge is 0.231 e. The quantitative estimate of drug-likeness (QED) is 0.785. The predicted octanol–water partition coefficient (Wildman–Crippen LogP) is 2.14. The molecule has 0 aromatic heterocycles. The van der Waals surface area contributed by atoms with E-state index in [1.54, 1.807) is 14.2 Å². The molecule has 1 aliphatic rings. The van der Waals surface area contributed by atoms with Gasteiger partial charge in [0, 0.05) is 14.2 Å². The van der Waals surface area contributed by atoms with Crippen molar-refractivity contribution in [3.63, 3.8) is 0 Å². The molecule has 1 aliphatic heterocycles. The Morgan fingerprint density at radius 3 is 2.56 bits per heavy atom. The minimum atomic E-state index is -0.0977. The summed E-state index contributed by atoms with van der Waals surface area (Å²) in [4.78, 5) is 0. The molecule has 0 spiro atoms. The van der Waals surface area contributed by atoms with E-state index in [1.807, 2.05) is 25.1 Å². The zero-order valence-corrected chi connectivity index (χ0v) is 9.73. The molecule has 0 unspecified atom stereocenters. The van der Waals surface area contributed by atoms with Crippen LogP contribution in [0.2, 0.25) is 0 Å². The highest BCUT2D eigenvalue weighted by atomic mass is 16.7. The zero-order valence-electron chi connectivity index (χ0n) is 9.73. The average molecular weight is 224 g/mol. The lowest BCUT2D eigenvalue weighted by Gasteiger charge is -2.21. The van der Waals surface area contributed by atoms with Crippen molar-refractivity contribution in [2.45, 2.75) is 19.1 Å². The molecule has 1 aromatic rings. The Hall–Kier alpha value is -1.26. The molecule has 1 aromatic carbocycles. The minimum Gasteiger partial charge on any atom is -0.454 e. The van der Waals surface area contributed by atoms with Crippen LogP contribution in [0.3, 0.4) is 0 Å². The Bertz CT molecular complexity index is 364. The second-order valence-electron chi connectivity index (χ2n) is 3.71. The average Bonchev–Trinajstić information content (AvgIpc) is 2.77. The van der Waals surface area contributed by atoms with E-state index in [0.29, 0.717) is 0 Å². The summed E-state index contributed by atoms with van der Waals surface area (Å²) in [5, 5.41) is 0. The van der Waals surface area contributed by atoms with Gasteiger partial charge in [-0.15, -0.1) is 0 Å². The highest BCUT2D eigenvalue weighted by molar-refractivity contribution is 5.45. The van der Waals surface area contributed by atoms with Crippen molar-refractivity contribution in [3.05, 3.63) is 23.8 Å². The molecular formula is C12H16O4. The standard InChI is InChI=1S/C12H16O4/c1-8(13-2)12(14-3)9-4-5-10-11(6-9)16-7-15-10/h4-6,8,12H,7H2,1-3H3/t8-,12-/m0/s1. The normalized spacial score (nSPS) is 17.2. The molecule has 0 radical (unpaired) electrons. The van der Waals surface area contributed by atoms with Crippen LogP contribution in [-0.2, 0) is 9.47 Å². The molecule has 0 saturated heterocycles. The molecule has 0 aliphatic carbocycles. The van der Waals surface area contributed by atoms with E-state index in [2.05, 4.69) is 0 Å². The Kier molecular flexibility index (Phi) is 3.31. The fourth-order valence-corrected chi connectivity index (χ4v) is 1.81. The van der Waals surface area contributed by atoms with Gasteiger partial charge in [-0.05, 0) is 24.6 Å². The monoisotopic (exact) mass is 224 g/mol. The Balaban J connectivity index is 2.25. The lowest BCUT2D eigenvalue weighted by Crippen LogP contribution is -2.18. The Morgan fingerprint density at radius 1 is 1.12 bits per heavy atom. The molecule has 4 nitrogen and oxygen atoms in total. The zero-order chi connectivity index (χ0) is 11.5. The molecule has 0 N–H and O–H groups in total. The highest BCUT2D eigenvalue weighted by Crippen LogP contribution is 2.35. The van der Waals surface area contributed by atoms with Crippen molar-refractivity contribution >= 4 is 0 Å². The number of fused-ring (bicyclic) bond motifs is 1. The predicted molar refractivity (Wildman–Crippen MR) is 58.8 cm³/mol. The van der Waals surface area contributed by atoms with Gasteiger partial charge in [-0.1, -0.05) is 6.07 Å². The van der Waals surface area contributed by atoms with E-state index < -0.39 is 0 Å². The second-order valence-corrected chi connectivity index (χ2v) is 3.71. The fourth-order valence-electron chi connectivity index (χ4n) is 1.81. The summed E-state index contributed by atoms with van der Waals surface area (Å²) in [5.74, 6) is 1.55. The van der Waals surface area contributed by atoms with Crippen molar-refractivity contribution < 1.29 is 18.9 Å². The van der Waals surface area contributed by atoms with Crippen LogP contribution in [0.15, 0.2) is 18.2 Å². The maximum Gasteiger partial charge on any atom is 0.231 e. The van der Waals surface area contributed by atoms with E-state index in [-0.39, 0.29) is 19.0 Å². The largest absolute Gasteiger partial charge is 0.454 e. The van der Waals surface area contributed by atoms with E-state index in [1.165, 1.54) is 0 Å². The van der Waals surface area contributed by atoms with Gasteiger partial charge in [-0.25, -0.2) is 0 Å². The Labute approximate surface area is 95.1 Å². The fraction of sp³-hybridized carbons (Fsp3) is 0.500. The first-order chi connectivity index (χ1) is 7.76. The SMILES string of the molecule is CO[C@@H](C)[C@H](OC)c1ccc2c(c1)OCO2. The summed E-state index contributed by atoms with van der Waals surface area (Å²) in [6, 6.07) is 5.80. The van der Waals surface area contributed by atoms with Crippen molar-refractivity contribution in [2.75, 3.05) is 21.0 Å². The molecular weight excluding hydrogens is 208 g/mol. The van der Waals surface area contributed by atoms with Crippen LogP contribution in [-0.4, -0.2) is 27.1 Å². The summed E-state index contributed by atoms with van der Waals surface area (Å²) in [6.07, 6.45) is -0.107. The lowest BCUT2D eigenvalue weighted by atomic mass is 10.0. The van der Waals surface area contributed by atoms with Crippen LogP contribution in [0.25, 0.3) is 0 Å². The number of hydrogen-bond acceptors (Lipinski definition) is 4. The number of hydrogen-bond donors (Lipinski definition) is 0. The molecule has 16 heavy (non-hydrogen) atoms. The summed E-state index contributed by atoms with van der Waals surface area (Å²) >= 11 is 0. The van der Waals surface area contributed by atoms with Crippen LogP contribution in [0, 0.1) is 0 Å². The van der Waals surface area contributed by atoms with Crippen molar-refractivity contribution in [1.82, 2.24) is 0 Å². The maximum atomic E-state index is 5.43. The van der Waals surface area contributed by atoms with Gasteiger partial charge in [0.15, 0.2) is 11.5 Å². The molecule has 0 bridgehead atoms. The van der Waals surface area contributed by atoms with E-state index in [9.17, 15) is 0 Å². The van der Waals surface area contributed by atoms with Gasteiger partial charge in [-0.2, -0.15) is 0 Å². The topological polar surface area (TPSA) is 36.9 Å². The first-order valence-electron chi connectivity index (χ1n) is 5.21. The third kappa shape index (κ3) is 1.99. The van der Waals surface area contributed by atoms with Gasteiger partial charge < -0.3 is 18.9 Å². The highest BCUT2D eigenvalue weighted by Gasteiger charge is 2.22. The summed E-state index contributed by atoms with van der Waals surface area (Å²) in [6.45, 7) is 2.26. The molecule has 1 heterocycles. The van der Waals surface area contributed by atoms with Crippen LogP contribution in [0.5, 0.6) is 11.5 Å². The number of methoxy groups -OCH3 is 2. The molecule has 0 fully saturated rings. The maximum absolute atomic E-state index is 5.43. The molecule has 2 rings (SSSR count). The third-order valence-corrected chi connectivity index (χ3v) is 2.78. The Morgan fingerprint density at radius 2 is 1.88 bits per heavy atom. The number of rotatable bonds is 4. The first-order valence-corrected chi connectivity index (χ1v) is 5.21. The van der Waals surface area contributed by atoms with Gasteiger partial charge in [0.05, 0.1) is 6.10 Å². The van der Waals surface area contributed by atoms with Gasteiger partial charge >= 0.3 is 0 Å². The van der Waals surface area contributed by atoms with Crippen LogP contribution in [0.1, 0.15) is 18.6 Å². The molecule has 4 heteroatoms. The summed E-state index contributed by atoms with van der Waals surface area (Å²) < 4.78 is 21.3. The van der Waals surface area contributed by atoms with E-state index in [0.717, 1.165) is 17.1 Å². The number of benzene rings is 1. The van der Waals surface area contributed by atoms with Crippen LogP contribution in [0.4, 0.5) is 0 Å². The van der Waals surface area contributed by atoms with Crippen molar-refractivity contribution in [2.24, 2.45) is 0 Å². The summed E-state index contributed by atoms with van der Waals surface area (Å²) in [5.41, 5.74) is 1.03. The van der Waals surface area contributed by atoms with E-state index in [4.69, 9.17) is 18.9 Å². The van der Waals surface area contributed by atoms with Crippen LogP contribution >= 0.6 is 0 Å². The van der Waals surface area contributed by atoms with E-state index >= 15 is 0 Å². The minimum absolute atomic E-state index is 0.00892. The van der Waals surface area contributed by atoms with Gasteiger partial charge in [0.25, 0.3) is 0 Å². The van der Waals surface area contributed by atoms with Crippen LogP contribution < -0.4 is 9.47 Å². The van der Waals surface area contributed by atoms with Crippen molar-refractivity contribution in [3.8, 4) is 11.5 Å². The van der Waals surface area contributed by atoms with Gasteiger partial charge in [0.1, 0.15) is 6.10 Å². The number of ether oxygens (including phenoxy) is 4. The second kappa shape index (κ2) is 4.72. The summed E-state index contributed by atoms with van der Waals surface area (Å²) in [7, 11) is 3.34.